The highest BCUT2D eigenvalue weighted by Gasteiger charge is 2.25. The Bertz CT molecular complexity index is 477. The molecule has 20 heavy (non-hydrogen) atoms. The number of carbonyl (C=O) groups excluding carboxylic acids is 1. The van der Waals surface area contributed by atoms with Gasteiger partial charge in [-0.1, -0.05) is 12.5 Å². The monoisotopic (exact) mass is 275 g/mol. The second-order valence-corrected chi connectivity index (χ2v) is 5.79. The minimum atomic E-state index is -0.0945. The van der Waals surface area contributed by atoms with E-state index in [1.165, 1.54) is 19.3 Å². The molecule has 0 aliphatic carbocycles. The van der Waals surface area contributed by atoms with E-state index in [0.29, 0.717) is 23.3 Å². The van der Waals surface area contributed by atoms with Crippen LogP contribution >= 0.6 is 0 Å². The number of likely N-dealkylation sites (tertiary alicyclic amines) is 1. The Morgan fingerprint density at radius 1 is 1.35 bits per heavy atom. The zero-order valence-electron chi connectivity index (χ0n) is 12.6. The first-order valence-electron chi connectivity index (χ1n) is 7.39. The molecule has 0 bridgehead atoms. The van der Waals surface area contributed by atoms with Crippen molar-refractivity contribution in [1.82, 2.24) is 10.2 Å². The van der Waals surface area contributed by atoms with Gasteiger partial charge in [0.2, 0.25) is 0 Å². The molecule has 4 heteroatoms. The molecule has 2 rings (SSSR count). The fourth-order valence-electron chi connectivity index (χ4n) is 3.01. The van der Waals surface area contributed by atoms with Crippen LogP contribution in [0.1, 0.15) is 49.0 Å². The lowest BCUT2D eigenvalue weighted by Gasteiger charge is -2.39. The maximum atomic E-state index is 11.6. The summed E-state index contributed by atoms with van der Waals surface area (Å²) in [5.41, 5.74) is 8.55. The van der Waals surface area contributed by atoms with Crippen LogP contribution in [0.2, 0.25) is 0 Å². The topological polar surface area (TPSA) is 58.4 Å². The standard InChI is InChI=1S/C16H25N3O/c1-11-5-4-6-12(2)19(11)10-14-8-7-13(9-15(14)17)16(20)18-3/h7-9,11-12H,4-6,10,17H2,1-3H3,(H,18,20). The fourth-order valence-corrected chi connectivity index (χ4v) is 3.01. The van der Waals surface area contributed by atoms with Crippen LogP contribution in [0.3, 0.4) is 0 Å². The van der Waals surface area contributed by atoms with Gasteiger partial charge in [0.05, 0.1) is 0 Å². The summed E-state index contributed by atoms with van der Waals surface area (Å²) in [5, 5.41) is 2.62. The highest BCUT2D eigenvalue weighted by molar-refractivity contribution is 5.95. The molecule has 4 nitrogen and oxygen atoms in total. The molecule has 1 fully saturated rings. The molecule has 2 unspecified atom stereocenters. The molecule has 2 atom stereocenters. The van der Waals surface area contributed by atoms with Crippen LogP contribution in [0.4, 0.5) is 5.69 Å². The molecule has 1 saturated heterocycles. The predicted octanol–water partition coefficient (Wildman–Crippen LogP) is 2.39. The number of rotatable bonds is 3. The number of benzene rings is 1. The van der Waals surface area contributed by atoms with Crippen LogP contribution < -0.4 is 11.1 Å². The summed E-state index contributed by atoms with van der Waals surface area (Å²) in [6.07, 6.45) is 3.81. The number of carbonyl (C=O) groups is 1. The summed E-state index contributed by atoms with van der Waals surface area (Å²) in [4.78, 5) is 14.1. The number of hydrogen-bond acceptors (Lipinski definition) is 3. The van der Waals surface area contributed by atoms with E-state index in [2.05, 4.69) is 24.1 Å². The van der Waals surface area contributed by atoms with E-state index in [9.17, 15) is 4.79 Å². The van der Waals surface area contributed by atoms with Gasteiger partial charge in [-0.2, -0.15) is 0 Å². The largest absolute Gasteiger partial charge is 0.398 e. The van der Waals surface area contributed by atoms with E-state index in [0.717, 1.165) is 12.1 Å². The molecule has 0 spiro atoms. The molecule has 0 saturated carbocycles. The molecule has 1 aliphatic rings. The summed E-state index contributed by atoms with van der Waals surface area (Å²) in [6.45, 7) is 5.43. The van der Waals surface area contributed by atoms with Gasteiger partial charge in [0.15, 0.2) is 0 Å². The van der Waals surface area contributed by atoms with Crippen LogP contribution in [0.5, 0.6) is 0 Å². The SMILES string of the molecule is CNC(=O)c1ccc(CN2C(C)CCCC2C)c(N)c1. The lowest BCUT2D eigenvalue weighted by Crippen LogP contribution is -2.43. The molecule has 110 valence electrons. The maximum absolute atomic E-state index is 11.6. The van der Waals surface area contributed by atoms with E-state index in [1.807, 2.05) is 12.1 Å². The van der Waals surface area contributed by atoms with Crippen LogP contribution in [0.15, 0.2) is 18.2 Å². The van der Waals surface area contributed by atoms with Crippen molar-refractivity contribution in [2.75, 3.05) is 12.8 Å². The van der Waals surface area contributed by atoms with Gasteiger partial charge in [-0.25, -0.2) is 0 Å². The van der Waals surface area contributed by atoms with Gasteiger partial charge in [-0.15, -0.1) is 0 Å². The minimum absolute atomic E-state index is 0.0945. The number of piperidine rings is 1. The van der Waals surface area contributed by atoms with Crippen molar-refractivity contribution in [3.05, 3.63) is 29.3 Å². The maximum Gasteiger partial charge on any atom is 0.251 e. The first kappa shape index (κ1) is 14.9. The number of amides is 1. The van der Waals surface area contributed by atoms with Gasteiger partial charge in [-0.3, -0.25) is 9.69 Å². The first-order chi connectivity index (χ1) is 9.52. The van der Waals surface area contributed by atoms with Gasteiger partial charge >= 0.3 is 0 Å². The van der Waals surface area contributed by atoms with E-state index >= 15 is 0 Å². The van der Waals surface area contributed by atoms with Gasteiger partial charge in [0.25, 0.3) is 5.91 Å². The van der Waals surface area contributed by atoms with E-state index in [1.54, 1.807) is 13.1 Å². The minimum Gasteiger partial charge on any atom is -0.398 e. The fraction of sp³-hybridized carbons (Fsp3) is 0.562. The number of nitrogen functional groups attached to an aromatic ring is 1. The van der Waals surface area contributed by atoms with E-state index in [4.69, 9.17) is 5.73 Å². The van der Waals surface area contributed by atoms with Crippen molar-refractivity contribution >= 4 is 11.6 Å². The Hall–Kier alpha value is -1.55. The average molecular weight is 275 g/mol. The van der Waals surface area contributed by atoms with Crippen molar-refractivity contribution in [3.63, 3.8) is 0 Å². The normalized spacial score (nSPS) is 23.6. The average Bonchev–Trinajstić information content (AvgIpc) is 2.43. The molecule has 1 amide bonds. The summed E-state index contributed by atoms with van der Waals surface area (Å²) < 4.78 is 0. The quantitative estimate of drug-likeness (QED) is 0.833. The van der Waals surface area contributed by atoms with Gasteiger partial charge in [0.1, 0.15) is 0 Å². The third-order valence-electron chi connectivity index (χ3n) is 4.36. The van der Waals surface area contributed by atoms with Crippen molar-refractivity contribution in [2.45, 2.75) is 51.7 Å². The Labute approximate surface area is 121 Å². The molecule has 1 aromatic carbocycles. The van der Waals surface area contributed by atoms with Crippen LogP contribution in [0, 0.1) is 0 Å². The number of nitrogens with zero attached hydrogens (tertiary/aromatic N) is 1. The van der Waals surface area contributed by atoms with Crippen molar-refractivity contribution in [3.8, 4) is 0 Å². The molecule has 1 heterocycles. The second kappa shape index (κ2) is 6.27. The number of anilines is 1. The Balaban J connectivity index is 2.15. The molecule has 0 aromatic heterocycles. The van der Waals surface area contributed by atoms with Crippen LogP contribution in [0.25, 0.3) is 0 Å². The van der Waals surface area contributed by atoms with Gasteiger partial charge in [0, 0.05) is 36.9 Å². The lowest BCUT2D eigenvalue weighted by molar-refractivity contribution is 0.0950. The molecule has 3 N–H and O–H groups in total. The summed E-state index contributed by atoms with van der Waals surface area (Å²) in [7, 11) is 1.63. The zero-order chi connectivity index (χ0) is 14.7. The smallest absolute Gasteiger partial charge is 0.251 e. The first-order valence-corrected chi connectivity index (χ1v) is 7.39. The zero-order valence-corrected chi connectivity index (χ0v) is 12.6. The van der Waals surface area contributed by atoms with Crippen molar-refractivity contribution < 1.29 is 4.79 Å². The lowest BCUT2D eigenvalue weighted by atomic mass is 9.96. The Morgan fingerprint density at radius 2 is 2.00 bits per heavy atom. The van der Waals surface area contributed by atoms with Crippen molar-refractivity contribution in [2.24, 2.45) is 0 Å². The number of nitrogens with two attached hydrogens (primary N) is 1. The molecule has 0 radical (unpaired) electrons. The number of hydrogen-bond donors (Lipinski definition) is 2. The highest BCUT2D eigenvalue weighted by atomic mass is 16.1. The summed E-state index contributed by atoms with van der Waals surface area (Å²) in [6, 6.07) is 6.79. The van der Waals surface area contributed by atoms with Crippen LogP contribution in [-0.4, -0.2) is 29.9 Å². The second-order valence-electron chi connectivity index (χ2n) is 5.79. The van der Waals surface area contributed by atoms with Crippen molar-refractivity contribution in [1.29, 1.82) is 0 Å². The summed E-state index contributed by atoms with van der Waals surface area (Å²) >= 11 is 0. The van der Waals surface area contributed by atoms with E-state index < -0.39 is 0 Å². The Kier molecular flexibility index (Phi) is 4.65. The Morgan fingerprint density at radius 3 is 2.55 bits per heavy atom. The predicted molar refractivity (Wildman–Crippen MR) is 82.6 cm³/mol. The van der Waals surface area contributed by atoms with Gasteiger partial charge in [-0.05, 0) is 44.4 Å². The highest BCUT2D eigenvalue weighted by Crippen LogP contribution is 2.26. The molecule has 1 aliphatic heterocycles. The van der Waals surface area contributed by atoms with Crippen LogP contribution in [-0.2, 0) is 6.54 Å². The molecule has 1 aromatic rings. The third kappa shape index (κ3) is 3.12. The van der Waals surface area contributed by atoms with E-state index in [-0.39, 0.29) is 5.91 Å². The molecular weight excluding hydrogens is 250 g/mol. The number of nitrogens with one attached hydrogen (secondary N) is 1. The third-order valence-corrected chi connectivity index (χ3v) is 4.36. The van der Waals surface area contributed by atoms with Gasteiger partial charge < -0.3 is 11.1 Å². The summed E-state index contributed by atoms with van der Waals surface area (Å²) in [5.74, 6) is -0.0945. The molecular formula is C16H25N3O.